The number of nitrogens with zero attached hydrogens (tertiary/aromatic N) is 1. The van der Waals surface area contributed by atoms with E-state index in [1.54, 1.807) is 0 Å². The predicted molar refractivity (Wildman–Crippen MR) is 56.3 cm³/mol. The highest BCUT2D eigenvalue weighted by atomic mass is 35.5. The fourth-order valence-electron chi connectivity index (χ4n) is 1.81. The van der Waals surface area contributed by atoms with Crippen molar-refractivity contribution in [2.24, 2.45) is 0 Å². The van der Waals surface area contributed by atoms with Crippen LogP contribution in [0.2, 0.25) is 0 Å². The zero-order valence-corrected chi connectivity index (χ0v) is 9.20. The first-order chi connectivity index (χ1) is 6.61. The summed E-state index contributed by atoms with van der Waals surface area (Å²) in [5, 5.41) is 17.3. The van der Waals surface area contributed by atoms with E-state index in [2.05, 4.69) is 0 Å². The van der Waals surface area contributed by atoms with E-state index in [0.717, 1.165) is 13.0 Å². The number of carbonyl (C=O) groups is 2. The molecule has 0 aliphatic carbocycles. The summed E-state index contributed by atoms with van der Waals surface area (Å²) < 4.78 is 0. The molecule has 1 fully saturated rings. The van der Waals surface area contributed by atoms with Crippen LogP contribution in [0, 0.1) is 0 Å². The summed E-state index contributed by atoms with van der Waals surface area (Å²) in [5.74, 6) is -1.62. The molecule has 6 heteroatoms. The lowest BCUT2D eigenvalue weighted by Crippen LogP contribution is -2.36. The molecule has 1 aliphatic heterocycles. The van der Waals surface area contributed by atoms with Gasteiger partial charge in [-0.15, -0.1) is 12.4 Å². The molecule has 0 amide bonds. The van der Waals surface area contributed by atoms with Gasteiger partial charge in [0, 0.05) is 6.42 Å². The molecule has 0 aromatic heterocycles. The van der Waals surface area contributed by atoms with Gasteiger partial charge in [0.2, 0.25) is 0 Å². The Morgan fingerprint density at radius 3 is 2.53 bits per heavy atom. The van der Waals surface area contributed by atoms with Gasteiger partial charge in [0.15, 0.2) is 0 Å². The molecule has 0 aromatic rings. The first-order valence-electron chi connectivity index (χ1n) is 4.80. The number of likely N-dealkylation sites (tertiary alicyclic amines) is 1. The highest BCUT2D eigenvalue weighted by Crippen LogP contribution is 2.17. The van der Waals surface area contributed by atoms with Gasteiger partial charge in [0.25, 0.3) is 0 Å². The molecule has 1 atom stereocenters. The molecule has 1 unspecified atom stereocenters. The molecule has 1 heterocycles. The summed E-state index contributed by atoms with van der Waals surface area (Å²) in [6.45, 7) is 1.35. The third-order valence-electron chi connectivity index (χ3n) is 2.48. The van der Waals surface area contributed by atoms with Crippen molar-refractivity contribution in [3.63, 3.8) is 0 Å². The molecule has 1 saturated heterocycles. The van der Waals surface area contributed by atoms with Gasteiger partial charge in [0.05, 0.1) is 0 Å². The van der Waals surface area contributed by atoms with Crippen molar-refractivity contribution in [3.05, 3.63) is 0 Å². The van der Waals surface area contributed by atoms with Gasteiger partial charge in [-0.2, -0.15) is 0 Å². The van der Waals surface area contributed by atoms with E-state index < -0.39 is 18.0 Å². The summed E-state index contributed by atoms with van der Waals surface area (Å²) in [6.07, 6.45) is 2.22. The molecular formula is C9H16ClNO4. The lowest BCUT2D eigenvalue weighted by molar-refractivity contribution is -0.142. The Hall–Kier alpha value is -0.810. The van der Waals surface area contributed by atoms with Crippen LogP contribution in [0.4, 0.5) is 0 Å². The Labute approximate surface area is 94.5 Å². The van der Waals surface area contributed by atoms with E-state index in [9.17, 15) is 9.59 Å². The van der Waals surface area contributed by atoms with Crippen molar-refractivity contribution in [2.75, 3.05) is 13.1 Å². The maximum absolute atomic E-state index is 10.8. The zero-order chi connectivity index (χ0) is 10.6. The molecule has 2 N–H and O–H groups in total. The van der Waals surface area contributed by atoms with Crippen LogP contribution in [0.3, 0.4) is 0 Å². The topological polar surface area (TPSA) is 77.8 Å². The van der Waals surface area contributed by atoms with Gasteiger partial charge in [-0.25, -0.2) is 0 Å². The van der Waals surface area contributed by atoms with E-state index in [4.69, 9.17) is 10.2 Å². The quantitative estimate of drug-likeness (QED) is 0.740. The maximum Gasteiger partial charge on any atom is 0.320 e. The summed E-state index contributed by atoms with van der Waals surface area (Å²) >= 11 is 0. The van der Waals surface area contributed by atoms with E-state index in [0.29, 0.717) is 19.4 Å². The second-order valence-corrected chi connectivity index (χ2v) is 3.53. The Kier molecular flexibility index (Phi) is 6.27. The lowest BCUT2D eigenvalue weighted by Gasteiger charge is -2.20. The van der Waals surface area contributed by atoms with Crippen LogP contribution in [0.15, 0.2) is 0 Å². The number of hydrogen-bond acceptors (Lipinski definition) is 3. The summed E-state index contributed by atoms with van der Waals surface area (Å²) in [7, 11) is 0. The van der Waals surface area contributed by atoms with Crippen molar-refractivity contribution in [2.45, 2.75) is 31.7 Å². The van der Waals surface area contributed by atoms with E-state index >= 15 is 0 Å². The minimum atomic E-state index is -0.823. The van der Waals surface area contributed by atoms with E-state index in [1.807, 2.05) is 4.90 Å². The molecule has 15 heavy (non-hydrogen) atoms. The van der Waals surface area contributed by atoms with Gasteiger partial charge in [-0.1, -0.05) is 0 Å². The van der Waals surface area contributed by atoms with Crippen LogP contribution in [-0.2, 0) is 9.59 Å². The van der Waals surface area contributed by atoms with Gasteiger partial charge >= 0.3 is 11.9 Å². The van der Waals surface area contributed by atoms with Crippen molar-refractivity contribution >= 4 is 24.3 Å². The fourth-order valence-corrected chi connectivity index (χ4v) is 1.81. The zero-order valence-electron chi connectivity index (χ0n) is 8.39. The monoisotopic (exact) mass is 237 g/mol. The molecule has 88 valence electrons. The van der Waals surface area contributed by atoms with Crippen LogP contribution in [0.1, 0.15) is 25.7 Å². The van der Waals surface area contributed by atoms with Gasteiger partial charge in [-0.05, 0) is 32.4 Å². The van der Waals surface area contributed by atoms with Gasteiger partial charge in [0.1, 0.15) is 6.04 Å². The second-order valence-electron chi connectivity index (χ2n) is 3.53. The van der Waals surface area contributed by atoms with Crippen molar-refractivity contribution in [1.29, 1.82) is 0 Å². The molecule has 0 spiro atoms. The highest BCUT2D eigenvalue weighted by Gasteiger charge is 2.29. The molecular weight excluding hydrogens is 222 g/mol. The van der Waals surface area contributed by atoms with Crippen LogP contribution in [-0.4, -0.2) is 46.2 Å². The van der Waals surface area contributed by atoms with Crippen molar-refractivity contribution in [3.8, 4) is 0 Å². The molecule has 1 aliphatic rings. The Morgan fingerprint density at radius 1 is 1.33 bits per heavy atom. The Morgan fingerprint density at radius 2 is 2.00 bits per heavy atom. The lowest BCUT2D eigenvalue weighted by atomic mass is 10.2. The third-order valence-corrected chi connectivity index (χ3v) is 2.48. The van der Waals surface area contributed by atoms with Gasteiger partial charge in [-0.3, -0.25) is 14.5 Å². The third kappa shape index (κ3) is 4.48. The minimum Gasteiger partial charge on any atom is -0.481 e. The highest BCUT2D eigenvalue weighted by molar-refractivity contribution is 5.85. The number of rotatable bonds is 5. The molecule has 1 rings (SSSR count). The normalized spacial score (nSPS) is 20.9. The molecule has 0 bridgehead atoms. The molecule has 0 aromatic carbocycles. The van der Waals surface area contributed by atoms with Crippen LogP contribution in [0.5, 0.6) is 0 Å². The van der Waals surface area contributed by atoms with Crippen LogP contribution in [0.25, 0.3) is 0 Å². The predicted octanol–water partition coefficient (Wildman–Crippen LogP) is 0.822. The minimum absolute atomic E-state index is 0. The van der Waals surface area contributed by atoms with Crippen molar-refractivity contribution < 1.29 is 19.8 Å². The SMILES string of the molecule is Cl.O=C(O)CCCN1CCCC1C(=O)O. The number of carboxylic acids is 2. The van der Waals surface area contributed by atoms with E-state index in [1.165, 1.54) is 0 Å². The maximum atomic E-state index is 10.8. The number of hydrogen-bond donors (Lipinski definition) is 2. The summed E-state index contributed by atoms with van der Waals surface area (Å²) in [5.41, 5.74) is 0. The summed E-state index contributed by atoms with van der Waals surface area (Å²) in [4.78, 5) is 22.9. The standard InChI is InChI=1S/C9H15NO4.ClH/c11-8(12)4-2-6-10-5-1-3-7(10)9(13)14;/h7H,1-6H2,(H,11,12)(H,13,14);1H. The largest absolute Gasteiger partial charge is 0.481 e. The summed E-state index contributed by atoms with van der Waals surface area (Å²) in [6, 6.07) is -0.399. The number of carboxylic acid groups (broad SMARTS) is 2. The molecule has 0 saturated carbocycles. The van der Waals surface area contributed by atoms with Crippen LogP contribution < -0.4 is 0 Å². The first kappa shape index (κ1) is 14.2. The average Bonchev–Trinajstić information content (AvgIpc) is 2.51. The van der Waals surface area contributed by atoms with Crippen molar-refractivity contribution in [1.82, 2.24) is 4.90 Å². The average molecular weight is 238 g/mol. The fraction of sp³-hybridized carbons (Fsp3) is 0.778. The van der Waals surface area contributed by atoms with Gasteiger partial charge < -0.3 is 10.2 Å². The second kappa shape index (κ2) is 6.63. The first-order valence-corrected chi connectivity index (χ1v) is 4.80. The van der Waals surface area contributed by atoms with Crippen LogP contribution >= 0.6 is 12.4 Å². The smallest absolute Gasteiger partial charge is 0.320 e. The number of halogens is 1. The van der Waals surface area contributed by atoms with E-state index in [-0.39, 0.29) is 18.8 Å². The molecule has 0 radical (unpaired) electrons. The Bertz CT molecular complexity index is 234. The number of aliphatic carboxylic acids is 2. The molecule has 5 nitrogen and oxygen atoms in total. The Balaban J connectivity index is 0.00000196.